The third-order valence-corrected chi connectivity index (χ3v) is 4.59. The van der Waals surface area contributed by atoms with E-state index in [0.29, 0.717) is 39.4 Å². The highest BCUT2D eigenvalue weighted by Crippen LogP contribution is 2.05. The van der Waals surface area contributed by atoms with Gasteiger partial charge in [0.15, 0.2) is 5.96 Å². The molecule has 1 atom stereocenters. The Balaban J connectivity index is 0.00000338. The number of piperazine rings is 1. The summed E-state index contributed by atoms with van der Waals surface area (Å²) in [5.41, 5.74) is 0. The predicted octanol–water partition coefficient (Wildman–Crippen LogP) is -0.325. The van der Waals surface area contributed by atoms with Crippen molar-refractivity contribution in [3.63, 3.8) is 0 Å². The number of nitrogens with zero attached hydrogens (tertiary/aromatic N) is 4. The molecular weight excluding hydrogens is 449 g/mol. The van der Waals surface area contributed by atoms with Gasteiger partial charge in [-0.2, -0.15) is 0 Å². The number of amides is 1. The minimum Gasteiger partial charge on any atom is -0.396 e. The van der Waals surface area contributed by atoms with Gasteiger partial charge in [-0.15, -0.1) is 24.0 Å². The average Bonchev–Trinajstić information content (AvgIpc) is 2.66. The normalized spacial score (nSPS) is 20.5. The van der Waals surface area contributed by atoms with Crippen LogP contribution in [0.15, 0.2) is 4.99 Å². The Labute approximate surface area is 174 Å². The van der Waals surface area contributed by atoms with E-state index in [4.69, 9.17) is 9.84 Å². The van der Waals surface area contributed by atoms with E-state index in [-0.39, 0.29) is 42.4 Å². The van der Waals surface area contributed by atoms with Crippen molar-refractivity contribution in [2.45, 2.75) is 13.8 Å². The second kappa shape index (κ2) is 12.7. The smallest absolute Gasteiger partial charge is 0.236 e. The van der Waals surface area contributed by atoms with Gasteiger partial charge in [0.2, 0.25) is 5.91 Å². The number of hydrogen-bond acceptors (Lipinski definition) is 5. The first-order chi connectivity index (χ1) is 12.1. The number of carbonyl (C=O) groups excluding carboxylic acids is 1. The quantitative estimate of drug-likeness (QED) is 0.306. The van der Waals surface area contributed by atoms with E-state index in [1.807, 2.05) is 11.8 Å². The van der Waals surface area contributed by atoms with E-state index in [9.17, 15) is 4.79 Å². The Bertz CT molecular complexity index is 438. The largest absolute Gasteiger partial charge is 0.396 e. The first-order valence-corrected chi connectivity index (χ1v) is 9.36. The van der Waals surface area contributed by atoms with Crippen molar-refractivity contribution in [3.8, 4) is 0 Å². The fourth-order valence-corrected chi connectivity index (χ4v) is 2.95. The first kappa shape index (κ1) is 23.4. The molecule has 9 heteroatoms. The SMILES string of the molecule is CCNC(=NCC(C)CO)N1CCN(CC(=O)N2CCOCC2)CC1.I. The standard InChI is InChI=1S/C17H33N5O3.HI/c1-3-18-17(19-12-15(2)14-23)22-6-4-20(5-7-22)13-16(24)21-8-10-25-11-9-21;/h15,23H,3-14H2,1-2H3,(H,18,19);1H. The van der Waals surface area contributed by atoms with Crippen LogP contribution < -0.4 is 5.32 Å². The molecule has 26 heavy (non-hydrogen) atoms. The molecule has 0 aromatic carbocycles. The molecule has 8 nitrogen and oxygen atoms in total. The zero-order valence-electron chi connectivity index (χ0n) is 16.0. The number of nitrogens with one attached hydrogen (secondary N) is 1. The summed E-state index contributed by atoms with van der Waals surface area (Å²) in [7, 11) is 0. The number of hydrogen-bond donors (Lipinski definition) is 2. The third-order valence-electron chi connectivity index (χ3n) is 4.59. The molecule has 0 aromatic rings. The summed E-state index contributed by atoms with van der Waals surface area (Å²) in [6.45, 7) is 12.3. The maximum atomic E-state index is 12.4. The van der Waals surface area contributed by atoms with E-state index >= 15 is 0 Å². The number of aliphatic hydroxyl groups excluding tert-OH is 1. The number of ether oxygens (including phenoxy) is 1. The van der Waals surface area contributed by atoms with E-state index < -0.39 is 0 Å². The summed E-state index contributed by atoms with van der Waals surface area (Å²) in [6, 6.07) is 0. The van der Waals surface area contributed by atoms with E-state index in [1.165, 1.54) is 0 Å². The van der Waals surface area contributed by atoms with E-state index in [1.54, 1.807) is 0 Å². The number of rotatable bonds is 6. The van der Waals surface area contributed by atoms with E-state index in [2.05, 4.69) is 27.0 Å². The fraction of sp³-hybridized carbons (Fsp3) is 0.882. The molecule has 0 bridgehead atoms. The first-order valence-electron chi connectivity index (χ1n) is 9.36. The number of carbonyl (C=O) groups is 1. The van der Waals surface area contributed by atoms with Gasteiger partial charge in [0, 0.05) is 59.0 Å². The lowest BCUT2D eigenvalue weighted by atomic mass is 10.2. The molecule has 2 aliphatic heterocycles. The second-order valence-electron chi connectivity index (χ2n) is 6.74. The van der Waals surface area contributed by atoms with Gasteiger partial charge in [-0.3, -0.25) is 14.7 Å². The van der Waals surface area contributed by atoms with Crippen LogP contribution >= 0.6 is 24.0 Å². The fourth-order valence-electron chi connectivity index (χ4n) is 2.95. The van der Waals surface area contributed by atoms with Gasteiger partial charge < -0.3 is 25.0 Å². The van der Waals surface area contributed by atoms with Crippen LogP contribution in [0.1, 0.15) is 13.8 Å². The highest BCUT2D eigenvalue weighted by Gasteiger charge is 2.24. The minimum absolute atomic E-state index is 0. The molecule has 0 aromatic heterocycles. The molecule has 2 rings (SSSR count). The molecule has 2 fully saturated rings. The molecular formula is C17H34IN5O3. The number of halogens is 1. The van der Waals surface area contributed by atoms with Crippen LogP contribution in [0.4, 0.5) is 0 Å². The van der Waals surface area contributed by atoms with Crippen LogP contribution in [0.2, 0.25) is 0 Å². The van der Waals surface area contributed by atoms with Crippen molar-refractivity contribution in [1.29, 1.82) is 0 Å². The average molecular weight is 483 g/mol. The molecule has 0 saturated carbocycles. The van der Waals surface area contributed by atoms with Crippen LogP contribution in [0.3, 0.4) is 0 Å². The third kappa shape index (κ3) is 7.53. The summed E-state index contributed by atoms with van der Waals surface area (Å²) in [6.07, 6.45) is 0. The van der Waals surface area contributed by atoms with Crippen molar-refractivity contribution >= 4 is 35.8 Å². The Morgan fingerprint density at radius 2 is 1.81 bits per heavy atom. The van der Waals surface area contributed by atoms with Crippen molar-refractivity contribution in [3.05, 3.63) is 0 Å². The topological polar surface area (TPSA) is 80.6 Å². The predicted molar refractivity (Wildman–Crippen MR) is 113 cm³/mol. The summed E-state index contributed by atoms with van der Waals surface area (Å²) in [4.78, 5) is 23.3. The number of aliphatic imine (C=N–C) groups is 1. The number of morpholine rings is 1. The van der Waals surface area contributed by atoms with Gasteiger partial charge in [-0.25, -0.2) is 0 Å². The molecule has 1 amide bonds. The summed E-state index contributed by atoms with van der Waals surface area (Å²) >= 11 is 0. The lowest BCUT2D eigenvalue weighted by molar-refractivity contribution is -0.136. The number of aliphatic hydroxyl groups is 1. The molecule has 152 valence electrons. The van der Waals surface area contributed by atoms with Crippen molar-refractivity contribution in [2.24, 2.45) is 10.9 Å². The zero-order valence-corrected chi connectivity index (χ0v) is 18.4. The Kier molecular flexibility index (Phi) is 11.4. The Morgan fingerprint density at radius 3 is 2.38 bits per heavy atom. The van der Waals surface area contributed by atoms with Gasteiger partial charge in [0.25, 0.3) is 0 Å². The van der Waals surface area contributed by atoms with Crippen molar-refractivity contribution < 1.29 is 14.6 Å². The van der Waals surface area contributed by atoms with E-state index in [0.717, 1.165) is 38.7 Å². The van der Waals surface area contributed by atoms with Crippen LogP contribution in [0.5, 0.6) is 0 Å². The van der Waals surface area contributed by atoms with Crippen LogP contribution in [0, 0.1) is 5.92 Å². The van der Waals surface area contributed by atoms with Crippen molar-refractivity contribution in [1.82, 2.24) is 20.0 Å². The highest BCUT2D eigenvalue weighted by atomic mass is 127. The lowest BCUT2D eigenvalue weighted by Gasteiger charge is -2.37. The molecule has 2 heterocycles. The Morgan fingerprint density at radius 1 is 1.15 bits per heavy atom. The van der Waals surface area contributed by atoms with Crippen LogP contribution in [0.25, 0.3) is 0 Å². The molecule has 0 radical (unpaired) electrons. The molecule has 2 aliphatic rings. The molecule has 2 N–H and O–H groups in total. The van der Waals surface area contributed by atoms with Crippen LogP contribution in [-0.2, 0) is 9.53 Å². The molecule has 1 unspecified atom stereocenters. The zero-order chi connectivity index (χ0) is 18.1. The highest BCUT2D eigenvalue weighted by molar-refractivity contribution is 14.0. The maximum Gasteiger partial charge on any atom is 0.236 e. The summed E-state index contributed by atoms with van der Waals surface area (Å²) in [5.74, 6) is 1.28. The molecule has 2 saturated heterocycles. The Hall–Kier alpha value is -0.650. The second-order valence-corrected chi connectivity index (χ2v) is 6.74. The molecule has 0 aliphatic carbocycles. The number of guanidine groups is 1. The van der Waals surface area contributed by atoms with Gasteiger partial charge in [-0.1, -0.05) is 6.92 Å². The monoisotopic (exact) mass is 483 g/mol. The minimum atomic E-state index is 0. The summed E-state index contributed by atoms with van der Waals surface area (Å²) < 4.78 is 5.30. The maximum absolute atomic E-state index is 12.4. The van der Waals surface area contributed by atoms with Crippen molar-refractivity contribution in [2.75, 3.05) is 78.7 Å². The van der Waals surface area contributed by atoms with Gasteiger partial charge in [0.1, 0.15) is 0 Å². The van der Waals surface area contributed by atoms with Gasteiger partial charge >= 0.3 is 0 Å². The molecule has 0 spiro atoms. The van der Waals surface area contributed by atoms with Gasteiger partial charge in [-0.05, 0) is 12.8 Å². The van der Waals surface area contributed by atoms with Gasteiger partial charge in [0.05, 0.1) is 19.8 Å². The lowest BCUT2D eigenvalue weighted by Crippen LogP contribution is -2.55. The van der Waals surface area contributed by atoms with Crippen LogP contribution in [-0.4, -0.2) is 110 Å². The summed E-state index contributed by atoms with van der Waals surface area (Å²) in [5, 5.41) is 12.5.